The Bertz CT molecular complexity index is 810. The zero-order chi connectivity index (χ0) is 19.8. The average molecular weight is 395 g/mol. The first-order valence-corrected chi connectivity index (χ1v) is 13.8. The van der Waals surface area contributed by atoms with E-state index >= 15 is 0 Å². The van der Waals surface area contributed by atoms with Gasteiger partial charge in [-0.05, 0) is 13.8 Å². The predicted octanol–water partition coefficient (Wildman–Crippen LogP) is 7.20. The Kier molecular flexibility index (Phi) is 5.68. The first-order valence-electron chi connectivity index (χ1n) is 9.93. The van der Waals surface area contributed by atoms with Gasteiger partial charge in [-0.25, -0.2) is 0 Å². The molecular formula is C25H33NTi. The standard InChI is InChI=1S/C13H9.C6H10.C4H10N.C2H4.Ti/c1-3-7-12-10(5-1)9-11-6-2-4-8-13(11)12;1-5(2)6(3)4;1-4(2,3)5;1-2;/h1-9H;1,3H2,2,4H3;5H,1-3H3;1-2H2;/q;;-1;;+1. The molecule has 2 aromatic rings. The maximum atomic E-state index is 4.12. The van der Waals surface area contributed by atoms with Gasteiger partial charge in [-0.1, -0.05) is 24.3 Å². The molecule has 1 fully saturated rings. The van der Waals surface area contributed by atoms with Crippen molar-refractivity contribution in [3.63, 3.8) is 0 Å². The number of benzene rings is 2. The van der Waals surface area contributed by atoms with Gasteiger partial charge < -0.3 is 0 Å². The van der Waals surface area contributed by atoms with Crippen molar-refractivity contribution in [2.75, 3.05) is 0 Å². The first kappa shape index (κ1) is 20.3. The maximum absolute atomic E-state index is 4.12. The molecule has 2 heteroatoms. The monoisotopic (exact) mass is 395 g/mol. The fraction of sp³-hybridized carbons (Fsp3) is 0.360. The van der Waals surface area contributed by atoms with E-state index < -0.39 is 16.8 Å². The van der Waals surface area contributed by atoms with Crippen molar-refractivity contribution in [2.45, 2.75) is 53.8 Å². The molecule has 0 amide bonds. The molecule has 1 heterocycles. The predicted molar refractivity (Wildman–Crippen MR) is 116 cm³/mol. The number of rotatable bonds is 3. The molecule has 1 nitrogen and oxygen atoms in total. The van der Waals surface area contributed by atoms with E-state index in [-0.39, 0.29) is 5.54 Å². The minimum absolute atomic E-state index is 0.239. The Hall–Kier alpha value is -1.41. The van der Waals surface area contributed by atoms with E-state index in [2.05, 4.69) is 86.3 Å². The van der Waals surface area contributed by atoms with Gasteiger partial charge in [0, 0.05) is 0 Å². The van der Waals surface area contributed by atoms with Crippen molar-refractivity contribution in [1.82, 2.24) is 3.80 Å². The van der Waals surface area contributed by atoms with Crippen LogP contribution in [-0.2, 0) is 16.8 Å². The number of hydrogen-bond acceptors (Lipinski definition) is 1. The SMILES string of the molecule is C=C(C)C(=C)C.CC(C)(C)[NH][Ti]1([CH]2c3ccccc3-c3ccccc32)[CH2][CH2]1. The molecule has 0 saturated carbocycles. The Labute approximate surface area is 169 Å². The summed E-state index contributed by atoms with van der Waals surface area (Å²) in [6, 6.07) is 18.2. The van der Waals surface area contributed by atoms with E-state index in [0.29, 0.717) is 4.22 Å². The second-order valence-electron chi connectivity index (χ2n) is 9.20. The van der Waals surface area contributed by atoms with E-state index in [1.54, 1.807) is 11.1 Å². The van der Waals surface area contributed by atoms with Gasteiger partial charge in [-0.2, -0.15) is 0 Å². The van der Waals surface area contributed by atoms with Crippen LogP contribution >= 0.6 is 0 Å². The molecule has 27 heavy (non-hydrogen) atoms. The van der Waals surface area contributed by atoms with Crippen LogP contribution in [0.1, 0.15) is 50.0 Å². The molecule has 2 aromatic carbocycles. The Morgan fingerprint density at radius 1 is 0.852 bits per heavy atom. The van der Waals surface area contributed by atoms with Gasteiger partial charge in [0.15, 0.2) is 0 Å². The Morgan fingerprint density at radius 2 is 1.26 bits per heavy atom. The molecule has 1 aliphatic carbocycles. The van der Waals surface area contributed by atoms with Gasteiger partial charge in [-0.15, -0.1) is 0 Å². The summed E-state index contributed by atoms with van der Waals surface area (Å²) in [4.78, 5) is 0. The number of fused-ring (bicyclic) bond motifs is 3. The molecule has 4 rings (SSSR count). The summed E-state index contributed by atoms with van der Waals surface area (Å²) in [7, 11) is 0. The molecule has 0 bridgehead atoms. The molecule has 0 unspecified atom stereocenters. The van der Waals surface area contributed by atoms with E-state index in [4.69, 9.17) is 0 Å². The number of hydrogen-bond donors (Lipinski definition) is 1. The molecular weight excluding hydrogens is 362 g/mol. The second-order valence-corrected chi connectivity index (χ2v) is 15.7. The van der Waals surface area contributed by atoms with Gasteiger partial charge in [0.25, 0.3) is 0 Å². The van der Waals surface area contributed by atoms with Gasteiger partial charge in [0.1, 0.15) is 0 Å². The summed E-state index contributed by atoms with van der Waals surface area (Å²) in [5.41, 5.74) is 8.51. The third-order valence-electron chi connectivity index (χ3n) is 5.53. The van der Waals surface area contributed by atoms with Crippen LogP contribution in [0.3, 0.4) is 0 Å². The van der Waals surface area contributed by atoms with Crippen LogP contribution in [0, 0.1) is 0 Å². The van der Waals surface area contributed by atoms with Crippen LogP contribution < -0.4 is 3.80 Å². The molecule has 0 spiro atoms. The third kappa shape index (κ3) is 4.37. The van der Waals surface area contributed by atoms with Crippen LogP contribution in [0.5, 0.6) is 0 Å². The molecule has 142 valence electrons. The third-order valence-corrected chi connectivity index (χ3v) is 12.6. The van der Waals surface area contributed by atoms with Crippen LogP contribution in [-0.4, -0.2) is 5.54 Å². The van der Waals surface area contributed by atoms with Gasteiger partial charge >= 0.3 is 131 Å². The van der Waals surface area contributed by atoms with Crippen molar-refractivity contribution in [3.05, 3.63) is 84.0 Å². The minimum atomic E-state index is -1.99. The zero-order valence-electron chi connectivity index (χ0n) is 17.5. The van der Waals surface area contributed by atoms with Crippen molar-refractivity contribution in [2.24, 2.45) is 0 Å². The average Bonchev–Trinajstić information content (AvgIpc) is 3.26. The number of allylic oxidation sites excluding steroid dienone is 2. The summed E-state index contributed by atoms with van der Waals surface area (Å²) in [6.07, 6.45) is 0. The summed E-state index contributed by atoms with van der Waals surface area (Å²) < 4.78 is 7.73. The van der Waals surface area contributed by atoms with Crippen molar-refractivity contribution in [1.29, 1.82) is 0 Å². The van der Waals surface area contributed by atoms with E-state index in [0.717, 1.165) is 11.1 Å². The van der Waals surface area contributed by atoms with E-state index in [1.807, 2.05) is 13.8 Å². The fourth-order valence-electron chi connectivity index (χ4n) is 4.12. The number of nitrogens with one attached hydrogen (secondary N) is 1. The van der Waals surface area contributed by atoms with Gasteiger partial charge in [0.2, 0.25) is 0 Å². The second kappa shape index (κ2) is 7.55. The topological polar surface area (TPSA) is 12.0 Å². The van der Waals surface area contributed by atoms with E-state index in [9.17, 15) is 0 Å². The molecule has 0 aromatic heterocycles. The van der Waals surface area contributed by atoms with Gasteiger partial charge in [-0.3, -0.25) is 0 Å². The molecule has 1 N–H and O–H groups in total. The van der Waals surface area contributed by atoms with Crippen molar-refractivity contribution >= 4 is 0 Å². The van der Waals surface area contributed by atoms with Crippen molar-refractivity contribution < 1.29 is 16.8 Å². The van der Waals surface area contributed by atoms with E-state index in [1.165, 1.54) is 20.6 Å². The fourth-order valence-corrected chi connectivity index (χ4v) is 12.8. The summed E-state index contributed by atoms with van der Waals surface area (Å²) >= 11 is -1.99. The summed E-state index contributed by atoms with van der Waals surface area (Å²) in [5, 5.41) is 0. The van der Waals surface area contributed by atoms with Crippen LogP contribution in [0.25, 0.3) is 11.1 Å². The van der Waals surface area contributed by atoms with Crippen LogP contribution in [0.15, 0.2) is 72.8 Å². The summed E-state index contributed by atoms with van der Waals surface area (Å²) in [5.74, 6) is 0. The molecule has 0 atom stereocenters. The molecule has 1 saturated heterocycles. The van der Waals surface area contributed by atoms with Crippen LogP contribution in [0.2, 0.25) is 9.45 Å². The van der Waals surface area contributed by atoms with Gasteiger partial charge in [0.05, 0.1) is 0 Å². The summed E-state index contributed by atoms with van der Waals surface area (Å²) in [6.45, 7) is 18.2. The quantitative estimate of drug-likeness (QED) is 0.428. The molecule has 2 aliphatic rings. The Morgan fingerprint density at radius 3 is 1.59 bits per heavy atom. The first-order chi connectivity index (χ1) is 12.6. The molecule has 0 radical (unpaired) electrons. The van der Waals surface area contributed by atoms with Crippen LogP contribution in [0.4, 0.5) is 0 Å². The zero-order valence-corrected chi connectivity index (χ0v) is 19.1. The normalized spacial score (nSPS) is 16.6. The van der Waals surface area contributed by atoms with Crippen molar-refractivity contribution in [3.8, 4) is 11.1 Å². The Balaban J connectivity index is 0.000000307. The molecule has 1 aliphatic heterocycles.